The number of amides is 2. The number of para-hydroxylation sites is 1. The van der Waals surface area contributed by atoms with Gasteiger partial charge in [0.2, 0.25) is 5.96 Å². The van der Waals surface area contributed by atoms with Crippen molar-refractivity contribution in [3.8, 4) is 17.1 Å². The SMILES string of the molecule is C=NN(/C(=N\N)N1CCN(C(=O)C(=O)c2c[nH]c3c(-c4cc(C(=O)NCCc5ccncc5)[nH]n4)ncc(OC)c23)CC1)c1ccccc1. The maximum absolute atomic E-state index is 13.7. The fourth-order valence-corrected chi connectivity index (χ4v) is 5.64. The lowest BCUT2D eigenvalue weighted by molar-refractivity contribution is -0.127. The molecule has 4 aromatic heterocycles. The number of anilines is 1. The lowest BCUT2D eigenvalue weighted by Gasteiger charge is -2.37. The first-order valence-corrected chi connectivity index (χ1v) is 15.4. The molecule has 1 saturated heterocycles. The van der Waals surface area contributed by atoms with Crippen molar-refractivity contribution in [2.45, 2.75) is 6.42 Å². The number of nitrogens with two attached hydrogens (primary N) is 1. The molecule has 1 aromatic carbocycles. The Labute approximate surface area is 280 Å². The maximum Gasteiger partial charge on any atom is 0.295 e. The highest BCUT2D eigenvalue weighted by molar-refractivity contribution is 6.45. The van der Waals surface area contributed by atoms with E-state index in [1.54, 1.807) is 18.5 Å². The minimum Gasteiger partial charge on any atom is -0.494 e. The fraction of sp³-hybridized carbons (Fsp3) is 0.212. The van der Waals surface area contributed by atoms with Crippen molar-refractivity contribution in [3.05, 3.63) is 90.1 Å². The highest BCUT2D eigenvalue weighted by Gasteiger charge is 2.32. The van der Waals surface area contributed by atoms with Crippen molar-refractivity contribution < 1.29 is 19.1 Å². The largest absolute Gasteiger partial charge is 0.494 e. The van der Waals surface area contributed by atoms with Crippen LogP contribution >= 0.6 is 0 Å². The molecular weight excluding hydrogens is 628 g/mol. The van der Waals surface area contributed by atoms with Crippen LogP contribution in [0.3, 0.4) is 0 Å². The number of ketones is 1. The van der Waals surface area contributed by atoms with E-state index in [0.29, 0.717) is 60.1 Å². The molecule has 5 aromatic rings. The molecule has 0 atom stereocenters. The van der Waals surface area contributed by atoms with Gasteiger partial charge in [0.25, 0.3) is 17.6 Å². The molecule has 0 aliphatic carbocycles. The van der Waals surface area contributed by atoms with Crippen LogP contribution in [0.4, 0.5) is 5.69 Å². The number of hydrazone groups is 2. The van der Waals surface area contributed by atoms with Crippen molar-refractivity contribution in [1.82, 2.24) is 40.3 Å². The molecule has 1 aliphatic heterocycles. The van der Waals surface area contributed by atoms with Crippen LogP contribution in [0.5, 0.6) is 5.75 Å². The summed E-state index contributed by atoms with van der Waals surface area (Å²) in [5.41, 5.74) is 3.31. The topological polar surface area (TPSA) is 203 Å². The number of piperazine rings is 1. The molecule has 5 N–H and O–H groups in total. The van der Waals surface area contributed by atoms with E-state index in [1.165, 1.54) is 29.4 Å². The second-order valence-corrected chi connectivity index (χ2v) is 11.0. The average Bonchev–Trinajstić information content (AvgIpc) is 3.83. The van der Waals surface area contributed by atoms with Gasteiger partial charge in [0.15, 0.2) is 0 Å². The van der Waals surface area contributed by atoms with Crippen LogP contribution in [0.2, 0.25) is 0 Å². The number of hydrogen-bond acceptors (Lipinski definition) is 10. The summed E-state index contributed by atoms with van der Waals surface area (Å²) in [5, 5.41) is 19.8. The van der Waals surface area contributed by atoms with Gasteiger partial charge < -0.3 is 30.7 Å². The molecular formula is C33H34N12O4. The molecule has 1 fully saturated rings. The maximum atomic E-state index is 13.7. The molecule has 6 rings (SSSR count). The minimum absolute atomic E-state index is 0.128. The number of hydrogen-bond donors (Lipinski definition) is 4. The zero-order chi connectivity index (χ0) is 34.3. The first-order valence-electron chi connectivity index (χ1n) is 15.4. The molecule has 16 nitrogen and oxygen atoms in total. The number of methoxy groups -OCH3 is 1. The van der Waals surface area contributed by atoms with Crippen LogP contribution < -0.4 is 20.9 Å². The number of Topliss-reactive ketones (excluding diaryl/α,β-unsaturated/α-hetero) is 1. The number of fused-ring (bicyclic) bond motifs is 1. The van der Waals surface area contributed by atoms with E-state index in [0.717, 1.165) is 11.3 Å². The van der Waals surface area contributed by atoms with Crippen molar-refractivity contribution in [3.63, 3.8) is 0 Å². The van der Waals surface area contributed by atoms with Gasteiger partial charge in [0.1, 0.15) is 22.8 Å². The number of benzene rings is 1. The van der Waals surface area contributed by atoms with Gasteiger partial charge in [-0.15, -0.1) is 5.10 Å². The Bertz CT molecular complexity index is 2000. The zero-order valence-electron chi connectivity index (χ0n) is 26.7. The molecule has 0 saturated carbocycles. The molecule has 0 unspecified atom stereocenters. The Morgan fingerprint density at radius 2 is 1.82 bits per heavy atom. The van der Waals surface area contributed by atoms with Gasteiger partial charge in [0.05, 0.1) is 35.5 Å². The van der Waals surface area contributed by atoms with Gasteiger partial charge in [0, 0.05) is 58.0 Å². The summed E-state index contributed by atoms with van der Waals surface area (Å²) >= 11 is 0. The number of ether oxygens (including phenoxy) is 1. The highest BCUT2D eigenvalue weighted by Crippen LogP contribution is 2.34. The summed E-state index contributed by atoms with van der Waals surface area (Å²) in [6.45, 7) is 5.29. The number of H-pyrrole nitrogens is 2. The zero-order valence-corrected chi connectivity index (χ0v) is 26.7. The number of rotatable bonds is 10. The summed E-state index contributed by atoms with van der Waals surface area (Å²) in [6, 6.07) is 14.7. The van der Waals surface area contributed by atoms with Crippen LogP contribution in [-0.2, 0) is 11.2 Å². The van der Waals surface area contributed by atoms with Gasteiger partial charge in [-0.2, -0.15) is 15.2 Å². The van der Waals surface area contributed by atoms with Crippen molar-refractivity contribution in [1.29, 1.82) is 0 Å². The Kier molecular flexibility index (Phi) is 9.55. The molecule has 0 spiro atoms. The van der Waals surface area contributed by atoms with Gasteiger partial charge in [-0.05, 0) is 42.3 Å². The molecule has 2 amide bonds. The summed E-state index contributed by atoms with van der Waals surface area (Å²) in [7, 11) is 1.45. The van der Waals surface area contributed by atoms with Crippen LogP contribution in [0.15, 0.2) is 83.5 Å². The first-order chi connectivity index (χ1) is 23.9. The molecule has 49 heavy (non-hydrogen) atoms. The lowest BCUT2D eigenvalue weighted by Crippen LogP contribution is -2.55. The van der Waals surface area contributed by atoms with Gasteiger partial charge in [-0.25, -0.2) is 4.98 Å². The summed E-state index contributed by atoms with van der Waals surface area (Å²) in [6.07, 6.45) is 6.96. The van der Waals surface area contributed by atoms with E-state index >= 15 is 0 Å². The van der Waals surface area contributed by atoms with Gasteiger partial charge >= 0.3 is 0 Å². The van der Waals surface area contributed by atoms with Crippen LogP contribution in [-0.4, -0.2) is 105 Å². The Morgan fingerprint density at radius 1 is 1.08 bits per heavy atom. The average molecular weight is 663 g/mol. The van der Waals surface area contributed by atoms with E-state index in [4.69, 9.17) is 10.6 Å². The van der Waals surface area contributed by atoms with E-state index in [1.807, 2.05) is 47.4 Å². The predicted molar refractivity (Wildman–Crippen MR) is 183 cm³/mol. The number of guanidine groups is 1. The van der Waals surface area contributed by atoms with E-state index < -0.39 is 11.7 Å². The standard InChI is InChI=1S/C33H34N12O4/c1-35-45(22-6-4-3-5-7-22)33(40-34)44-16-14-43(15-17-44)32(48)30(46)23-19-38-29-27(23)26(49-2)20-39-28(29)24-18-25(42-41-24)31(47)37-13-10-21-8-11-36-12-9-21/h3-9,11-12,18-20,38H,1,10,13-17,34H2,2H3,(H,37,47)(H,41,42)/b40-33-. The third kappa shape index (κ3) is 6.64. The predicted octanol–water partition coefficient (Wildman–Crippen LogP) is 2.01. The summed E-state index contributed by atoms with van der Waals surface area (Å²) in [5.74, 6) is 4.70. The second-order valence-electron chi connectivity index (χ2n) is 11.0. The Morgan fingerprint density at radius 3 is 2.51 bits per heavy atom. The number of aromatic nitrogens is 5. The smallest absolute Gasteiger partial charge is 0.295 e. The quantitative estimate of drug-likeness (QED) is 0.0428. The van der Waals surface area contributed by atoms with Gasteiger partial charge in [-0.1, -0.05) is 18.2 Å². The van der Waals surface area contributed by atoms with E-state index in [-0.39, 0.29) is 30.3 Å². The highest BCUT2D eigenvalue weighted by atomic mass is 16.5. The number of aromatic amines is 2. The first kappa shape index (κ1) is 32.4. The molecule has 1 aliphatic rings. The third-order valence-electron chi connectivity index (χ3n) is 8.14. The summed E-state index contributed by atoms with van der Waals surface area (Å²) < 4.78 is 5.53. The van der Waals surface area contributed by atoms with E-state index in [2.05, 4.69) is 47.4 Å². The molecule has 0 radical (unpaired) electrons. The molecule has 0 bridgehead atoms. The van der Waals surface area contributed by atoms with Gasteiger partial charge in [-0.3, -0.25) is 24.5 Å². The number of nitrogens with zero attached hydrogens (tertiary/aromatic N) is 8. The Balaban J connectivity index is 1.15. The molecule has 16 heteroatoms. The monoisotopic (exact) mass is 662 g/mol. The fourth-order valence-electron chi connectivity index (χ4n) is 5.64. The third-order valence-corrected chi connectivity index (χ3v) is 8.14. The van der Waals surface area contributed by atoms with Crippen molar-refractivity contribution in [2.24, 2.45) is 16.0 Å². The summed E-state index contributed by atoms with van der Waals surface area (Å²) in [4.78, 5) is 54.9. The molecule has 250 valence electrons. The number of pyridine rings is 2. The van der Waals surface area contributed by atoms with Crippen LogP contribution in [0.25, 0.3) is 22.3 Å². The van der Waals surface area contributed by atoms with Crippen molar-refractivity contribution >= 4 is 46.9 Å². The van der Waals surface area contributed by atoms with Crippen molar-refractivity contribution in [2.75, 3.05) is 44.8 Å². The number of carbonyl (C=O) groups excluding carboxylic acids is 3. The molecule has 5 heterocycles. The van der Waals surface area contributed by atoms with Crippen LogP contribution in [0.1, 0.15) is 26.4 Å². The number of carbonyl (C=O) groups is 3. The normalized spacial score (nSPS) is 13.3. The number of nitrogens with one attached hydrogen (secondary N) is 3. The van der Waals surface area contributed by atoms with Crippen LogP contribution in [0, 0.1) is 0 Å². The lowest BCUT2D eigenvalue weighted by atomic mass is 10.1. The second kappa shape index (κ2) is 14.5. The minimum atomic E-state index is -0.710. The Hall–Kier alpha value is -6.58. The van der Waals surface area contributed by atoms with E-state index in [9.17, 15) is 14.4 Å².